The van der Waals surface area contributed by atoms with Gasteiger partial charge in [-0.3, -0.25) is 4.79 Å². The van der Waals surface area contributed by atoms with E-state index < -0.39 is 5.60 Å². The Labute approximate surface area is 104 Å². The summed E-state index contributed by atoms with van der Waals surface area (Å²) in [5.41, 5.74) is -0.724. The maximum atomic E-state index is 11.5. The van der Waals surface area contributed by atoms with Crippen molar-refractivity contribution in [3.05, 3.63) is 0 Å². The van der Waals surface area contributed by atoms with E-state index in [9.17, 15) is 9.90 Å². The standard InChI is InChI=1S/C13H26N2O2/c1-2-3-4-5-6-7-12(16)15-11-13(17)8-9-14-10-13/h14,17H,2-11H2,1H3,(H,15,16). The SMILES string of the molecule is CCCCCCCC(=O)NCC1(O)CCNC1. The molecule has 1 fully saturated rings. The van der Waals surface area contributed by atoms with Crippen LogP contribution in [0.2, 0.25) is 0 Å². The predicted molar refractivity (Wildman–Crippen MR) is 68.8 cm³/mol. The molecule has 100 valence electrons. The third-order valence-corrected chi connectivity index (χ3v) is 3.34. The minimum atomic E-state index is -0.724. The highest BCUT2D eigenvalue weighted by Gasteiger charge is 2.30. The van der Waals surface area contributed by atoms with E-state index in [2.05, 4.69) is 17.6 Å². The van der Waals surface area contributed by atoms with Gasteiger partial charge in [0.05, 0.1) is 5.60 Å². The first-order valence-corrected chi connectivity index (χ1v) is 6.86. The molecular weight excluding hydrogens is 216 g/mol. The number of unbranched alkanes of at least 4 members (excludes halogenated alkanes) is 4. The molecule has 0 radical (unpaired) electrons. The van der Waals surface area contributed by atoms with Crippen LogP contribution in [0.25, 0.3) is 0 Å². The van der Waals surface area contributed by atoms with Crippen LogP contribution in [0.1, 0.15) is 51.9 Å². The number of nitrogens with one attached hydrogen (secondary N) is 2. The third-order valence-electron chi connectivity index (χ3n) is 3.34. The summed E-state index contributed by atoms with van der Waals surface area (Å²) in [6.45, 7) is 3.99. The smallest absolute Gasteiger partial charge is 0.220 e. The van der Waals surface area contributed by atoms with Crippen molar-refractivity contribution < 1.29 is 9.90 Å². The Bertz CT molecular complexity index is 225. The lowest BCUT2D eigenvalue weighted by atomic mass is 10.0. The predicted octanol–water partition coefficient (Wildman–Crippen LogP) is 1.19. The number of β-amino-alcohol motifs (C(OH)–C–C–N with tert-alkyl or cyclic N) is 1. The fourth-order valence-corrected chi connectivity index (χ4v) is 2.12. The summed E-state index contributed by atoms with van der Waals surface area (Å²) in [4.78, 5) is 11.5. The number of hydrogen-bond acceptors (Lipinski definition) is 3. The molecule has 1 atom stereocenters. The zero-order valence-electron chi connectivity index (χ0n) is 10.9. The Morgan fingerprint density at radius 3 is 2.76 bits per heavy atom. The number of amides is 1. The molecule has 0 bridgehead atoms. The van der Waals surface area contributed by atoms with Gasteiger partial charge in [0, 0.05) is 19.5 Å². The Morgan fingerprint density at radius 1 is 1.35 bits per heavy atom. The summed E-state index contributed by atoms with van der Waals surface area (Å²) in [5.74, 6) is 0.0711. The van der Waals surface area contributed by atoms with Gasteiger partial charge in [0.1, 0.15) is 0 Å². The number of carbonyl (C=O) groups is 1. The van der Waals surface area contributed by atoms with Crippen molar-refractivity contribution in [1.29, 1.82) is 0 Å². The van der Waals surface area contributed by atoms with Gasteiger partial charge in [-0.2, -0.15) is 0 Å². The van der Waals surface area contributed by atoms with Gasteiger partial charge in [0.15, 0.2) is 0 Å². The van der Waals surface area contributed by atoms with Crippen molar-refractivity contribution in [2.75, 3.05) is 19.6 Å². The molecule has 0 saturated carbocycles. The Hall–Kier alpha value is -0.610. The largest absolute Gasteiger partial charge is 0.387 e. The van der Waals surface area contributed by atoms with E-state index in [0.717, 1.165) is 25.8 Å². The van der Waals surface area contributed by atoms with Crippen molar-refractivity contribution >= 4 is 5.91 Å². The first-order chi connectivity index (χ1) is 8.16. The van der Waals surface area contributed by atoms with E-state index >= 15 is 0 Å². The molecule has 4 heteroatoms. The summed E-state index contributed by atoms with van der Waals surface area (Å²) in [5, 5.41) is 15.9. The van der Waals surface area contributed by atoms with Gasteiger partial charge < -0.3 is 15.7 Å². The number of aliphatic hydroxyl groups is 1. The molecule has 1 rings (SSSR count). The van der Waals surface area contributed by atoms with Gasteiger partial charge in [-0.25, -0.2) is 0 Å². The van der Waals surface area contributed by atoms with Crippen LogP contribution in [0.3, 0.4) is 0 Å². The first kappa shape index (κ1) is 14.5. The minimum Gasteiger partial charge on any atom is -0.387 e. The second-order valence-corrected chi connectivity index (χ2v) is 5.09. The van der Waals surface area contributed by atoms with Gasteiger partial charge >= 0.3 is 0 Å². The van der Waals surface area contributed by atoms with Crippen LogP contribution in [0.15, 0.2) is 0 Å². The van der Waals surface area contributed by atoms with Crippen LogP contribution in [-0.2, 0) is 4.79 Å². The van der Waals surface area contributed by atoms with Crippen LogP contribution in [-0.4, -0.2) is 36.2 Å². The molecule has 0 spiro atoms. The highest BCUT2D eigenvalue weighted by atomic mass is 16.3. The van der Waals surface area contributed by atoms with Crippen molar-refractivity contribution in [3.63, 3.8) is 0 Å². The van der Waals surface area contributed by atoms with E-state index in [0.29, 0.717) is 19.5 Å². The maximum absolute atomic E-state index is 11.5. The first-order valence-electron chi connectivity index (χ1n) is 6.86. The van der Waals surface area contributed by atoms with Crippen LogP contribution in [0.4, 0.5) is 0 Å². The molecule has 4 nitrogen and oxygen atoms in total. The molecule has 17 heavy (non-hydrogen) atoms. The highest BCUT2D eigenvalue weighted by molar-refractivity contribution is 5.75. The van der Waals surface area contributed by atoms with E-state index in [1.807, 2.05) is 0 Å². The molecule has 0 aliphatic carbocycles. The lowest BCUT2D eigenvalue weighted by Gasteiger charge is -2.21. The van der Waals surface area contributed by atoms with Gasteiger partial charge in [-0.15, -0.1) is 0 Å². The van der Waals surface area contributed by atoms with Gasteiger partial charge in [0.2, 0.25) is 5.91 Å². The lowest BCUT2D eigenvalue weighted by Crippen LogP contribution is -2.44. The van der Waals surface area contributed by atoms with Crippen molar-refractivity contribution in [2.45, 2.75) is 57.5 Å². The minimum absolute atomic E-state index is 0.0711. The maximum Gasteiger partial charge on any atom is 0.220 e. The summed E-state index contributed by atoms with van der Waals surface area (Å²) in [6, 6.07) is 0. The molecule has 1 aliphatic rings. The normalized spacial score (nSPS) is 23.9. The van der Waals surface area contributed by atoms with Crippen LogP contribution in [0.5, 0.6) is 0 Å². The van der Waals surface area contributed by atoms with E-state index in [4.69, 9.17) is 0 Å². The second kappa shape index (κ2) is 7.67. The van der Waals surface area contributed by atoms with E-state index in [-0.39, 0.29) is 5.91 Å². The summed E-state index contributed by atoms with van der Waals surface area (Å²) in [7, 11) is 0. The van der Waals surface area contributed by atoms with Crippen molar-refractivity contribution in [3.8, 4) is 0 Å². The number of hydrogen-bond donors (Lipinski definition) is 3. The molecular formula is C13H26N2O2. The molecule has 1 unspecified atom stereocenters. The van der Waals surface area contributed by atoms with Gasteiger partial charge in [-0.1, -0.05) is 32.6 Å². The van der Waals surface area contributed by atoms with Gasteiger partial charge in [0.25, 0.3) is 0 Å². The molecule has 1 saturated heterocycles. The Kier molecular flexibility index (Phi) is 6.52. The average Bonchev–Trinajstić information content (AvgIpc) is 2.74. The molecule has 1 aliphatic heterocycles. The zero-order valence-corrected chi connectivity index (χ0v) is 10.9. The number of rotatable bonds is 8. The number of carbonyl (C=O) groups excluding carboxylic acids is 1. The Balaban J connectivity index is 2.01. The topological polar surface area (TPSA) is 61.4 Å². The second-order valence-electron chi connectivity index (χ2n) is 5.09. The summed E-state index contributed by atoms with van der Waals surface area (Å²) < 4.78 is 0. The molecule has 0 aromatic carbocycles. The lowest BCUT2D eigenvalue weighted by molar-refractivity contribution is -0.122. The molecule has 1 heterocycles. The van der Waals surface area contributed by atoms with Crippen LogP contribution >= 0.6 is 0 Å². The monoisotopic (exact) mass is 242 g/mol. The molecule has 3 N–H and O–H groups in total. The summed E-state index contributed by atoms with van der Waals surface area (Å²) in [6.07, 6.45) is 7.11. The van der Waals surface area contributed by atoms with E-state index in [1.54, 1.807) is 0 Å². The molecule has 0 aromatic heterocycles. The van der Waals surface area contributed by atoms with Crippen LogP contribution in [0, 0.1) is 0 Å². The quantitative estimate of drug-likeness (QED) is 0.560. The highest BCUT2D eigenvalue weighted by Crippen LogP contribution is 2.12. The summed E-state index contributed by atoms with van der Waals surface area (Å²) >= 11 is 0. The van der Waals surface area contributed by atoms with E-state index in [1.165, 1.54) is 19.3 Å². The van der Waals surface area contributed by atoms with Gasteiger partial charge in [-0.05, 0) is 19.4 Å². The fraction of sp³-hybridized carbons (Fsp3) is 0.923. The third kappa shape index (κ3) is 6.03. The molecule has 1 amide bonds. The van der Waals surface area contributed by atoms with Crippen LogP contribution < -0.4 is 10.6 Å². The average molecular weight is 242 g/mol. The van der Waals surface area contributed by atoms with Crippen molar-refractivity contribution in [1.82, 2.24) is 10.6 Å². The Morgan fingerprint density at radius 2 is 2.12 bits per heavy atom. The fourth-order valence-electron chi connectivity index (χ4n) is 2.12. The van der Waals surface area contributed by atoms with Crippen molar-refractivity contribution in [2.24, 2.45) is 0 Å². The zero-order chi connectivity index (χ0) is 12.6. The molecule has 0 aromatic rings.